The van der Waals surface area contributed by atoms with E-state index < -0.39 is 11.9 Å². The SMILES string of the molecule is COc1ccc(-c2nc3n(n2)C(c2ccccn2)C(C(N)=O)=C(C)N3)cc1OC. The average molecular weight is 392 g/mol. The fourth-order valence-electron chi connectivity index (χ4n) is 3.38. The van der Waals surface area contributed by atoms with Crippen LogP contribution in [0.2, 0.25) is 0 Å². The summed E-state index contributed by atoms with van der Waals surface area (Å²) in [7, 11) is 3.14. The largest absolute Gasteiger partial charge is 0.493 e. The highest BCUT2D eigenvalue weighted by Crippen LogP contribution is 2.36. The Morgan fingerprint density at radius 2 is 1.97 bits per heavy atom. The summed E-state index contributed by atoms with van der Waals surface area (Å²) < 4.78 is 12.3. The Balaban J connectivity index is 1.84. The molecule has 1 unspecified atom stereocenters. The van der Waals surface area contributed by atoms with Crippen molar-refractivity contribution in [2.24, 2.45) is 5.73 Å². The van der Waals surface area contributed by atoms with Gasteiger partial charge < -0.3 is 20.5 Å². The monoisotopic (exact) mass is 392 g/mol. The number of carbonyl (C=O) groups is 1. The van der Waals surface area contributed by atoms with Gasteiger partial charge in [0.25, 0.3) is 0 Å². The summed E-state index contributed by atoms with van der Waals surface area (Å²) in [5, 5.41) is 7.76. The smallest absolute Gasteiger partial charge is 0.248 e. The van der Waals surface area contributed by atoms with E-state index in [0.717, 1.165) is 5.56 Å². The van der Waals surface area contributed by atoms with E-state index in [-0.39, 0.29) is 0 Å². The number of amides is 1. The van der Waals surface area contributed by atoms with Crippen molar-refractivity contribution in [2.45, 2.75) is 13.0 Å². The van der Waals surface area contributed by atoms with Gasteiger partial charge in [0.1, 0.15) is 6.04 Å². The van der Waals surface area contributed by atoms with Crippen molar-refractivity contribution in [3.05, 3.63) is 59.6 Å². The number of fused-ring (bicyclic) bond motifs is 1. The summed E-state index contributed by atoms with van der Waals surface area (Å²) in [6, 6.07) is 10.3. The lowest BCUT2D eigenvalue weighted by molar-refractivity contribution is -0.115. The minimum Gasteiger partial charge on any atom is -0.493 e. The molecule has 0 aliphatic carbocycles. The Kier molecular flexibility index (Phi) is 4.63. The topological polar surface area (TPSA) is 117 Å². The molecule has 1 amide bonds. The van der Waals surface area contributed by atoms with Crippen LogP contribution in [-0.2, 0) is 4.79 Å². The predicted octanol–water partition coefficient (Wildman–Crippen LogP) is 2.13. The van der Waals surface area contributed by atoms with E-state index in [2.05, 4.69) is 20.4 Å². The van der Waals surface area contributed by atoms with Crippen LogP contribution in [0.15, 0.2) is 53.9 Å². The molecule has 3 heterocycles. The lowest BCUT2D eigenvalue weighted by Crippen LogP contribution is -2.32. The highest BCUT2D eigenvalue weighted by Gasteiger charge is 2.34. The van der Waals surface area contributed by atoms with Crippen LogP contribution in [0.3, 0.4) is 0 Å². The van der Waals surface area contributed by atoms with Gasteiger partial charge in [-0.05, 0) is 37.3 Å². The van der Waals surface area contributed by atoms with Gasteiger partial charge in [-0.25, -0.2) is 4.68 Å². The Morgan fingerprint density at radius 3 is 2.62 bits per heavy atom. The van der Waals surface area contributed by atoms with Gasteiger partial charge in [-0.2, -0.15) is 4.98 Å². The van der Waals surface area contributed by atoms with Crippen LogP contribution >= 0.6 is 0 Å². The van der Waals surface area contributed by atoms with Crippen LogP contribution in [0.25, 0.3) is 11.4 Å². The number of allylic oxidation sites excluding steroid dienone is 1. The first kappa shape index (κ1) is 18.5. The first-order valence-electron chi connectivity index (χ1n) is 8.91. The maximum absolute atomic E-state index is 12.2. The third-order valence-electron chi connectivity index (χ3n) is 4.73. The second-order valence-electron chi connectivity index (χ2n) is 6.46. The third kappa shape index (κ3) is 3.16. The number of benzene rings is 1. The maximum Gasteiger partial charge on any atom is 0.248 e. The molecule has 2 aromatic heterocycles. The Labute approximate surface area is 167 Å². The number of aromatic nitrogens is 4. The lowest BCUT2D eigenvalue weighted by Gasteiger charge is -2.26. The number of ether oxygens (including phenoxy) is 2. The fraction of sp³-hybridized carbons (Fsp3) is 0.200. The molecule has 1 aliphatic rings. The molecule has 29 heavy (non-hydrogen) atoms. The van der Waals surface area contributed by atoms with E-state index in [1.54, 1.807) is 44.2 Å². The zero-order valence-corrected chi connectivity index (χ0v) is 16.2. The highest BCUT2D eigenvalue weighted by atomic mass is 16.5. The van der Waals surface area contributed by atoms with Crippen molar-refractivity contribution >= 4 is 11.9 Å². The zero-order valence-electron chi connectivity index (χ0n) is 16.2. The molecule has 1 aromatic carbocycles. The van der Waals surface area contributed by atoms with Crippen LogP contribution in [0, 0.1) is 0 Å². The van der Waals surface area contributed by atoms with Crippen LogP contribution in [0.1, 0.15) is 18.7 Å². The molecule has 9 nitrogen and oxygen atoms in total. The number of nitrogens with two attached hydrogens (primary N) is 1. The number of nitrogens with one attached hydrogen (secondary N) is 1. The van der Waals surface area contributed by atoms with Gasteiger partial charge in [-0.1, -0.05) is 6.07 Å². The van der Waals surface area contributed by atoms with Gasteiger partial charge in [0.15, 0.2) is 17.3 Å². The van der Waals surface area contributed by atoms with Crippen LogP contribution in [-0.4, -0.2) is 39.9 Å². The number of methoxy groups -OCH3 is 2. The second-order valence-corrected chi connectivity index (χ2v) is 6.46. The minimum atomic E-state index is -0.577. The van der Waals surface area contributed by atoms with Crippen molar-refractivity contribution < 1.29 is 14.3 Å². The van der Waals surface area contributed by atoms with Crippen LogP contribution in [0.4, 0.5) is 5.95 Å². The third-order valence-corrected chi connectivity index (χ3v) is 4.73. The van der Waals surface area contributed by atoms with Gasteiger partial charge in [-0.15, -0.1) is 5.10 Å². The number of rotatable bonds is 5. The lowest BCUT2D eigenvalue weighted by atomic mass is 9.99. The van der Waals surface area contributed by atoms with E-state index in [4.69, 9.17) is 15.2 Å². The fourth-order valence-corrected chi connectivity index (χ4v) is 3.38. The summed E-state index contributed by atoms with van der Waals surface area (Å²) in [5.74, 6) is 1.60. The highest BCUT2D eigenvalue weighted by molar-refractivity contribution is 5.95. The maximum atomic E-state index is 12.2. The first-order valence-corrected chi connectivity index (χ1v) is 8.91. The molecule has 3 aromatic rings. The molecule has 0 radical (unpaired) electrons. The summed E-state index contributed by atoms with van der Waals surface area (Å²) in [4.78, 5) is 21.2. The number of pyridine rings is 1. The quantitative estimate of drug-likeness (QED) is 0.683. The zero-order chi connectivity index (χ0) is 20.5. The number of carbonyl (C=O) groups excluding carboxylic acids is 1. The van der Waals surface area contributed by atoms with Crippen LogP contribution in [0.5, 0.6) is 11.5 Å². The molecule has 3 N–H and O–H groups in total. The molecule has 4 rings (SSSR count). The van der Waals surface area contributed by atoms with Gasteiger partial charge in [0, 0.05) is 17.5 Å². The Morgan fingerprint density at radius 1 is 1.17 bits per heavy atom. The molecule has 0 spiro atoms. The average Bonchev–Trinajstić information content (AvgIpc) is 3.16. The van der Waals surface area contributed by atoms with Crippen molar-refractivity contribution in [3.8, 4) is 22.9 Å². The van der Waals surface area contributed by atoms with Crippen molar-refractivity contribution in [1.29, 1.82) is 0 Å². The van der Waals surface area contributed by atoms with Crippen LogP contribution < -0.4 is 20.5 Å². The molecular weight excluding hydrogens is 372 g/mol. The number of nitrogens with zero attached hydrogens (tertiary/aromatic N) is 4. The predicted molar refractivity (Wildman–Crippen MR) is 106 cm³/mol. The van der Waals surface area contributed by atoms with Gasteiger partial charge >= 0.3 is 0 Å². The number of primary amides is 1. The van der Waals surface area contributed by atoms with Gasteiger partial charge in [-0.3, -0.25) is 9.78 Å². The van der Waals surface area contributed by atoms with Crippen molar-refractivity contribution in [2.75, 3.05) is 19.5 Å². The van der Waals surface area contributed by atoms with Gasteiger partial charge in [0.05, 0.1) is 25.5 Å². The first-order chi connectivity index (χ1) is 14.0. The normalized spacial score (nSPS) is 15.5. The molecule has 0 bridgehead atoms. The summed E-state index contributed by atoms with van der Waals surface area (Å²) in [6.45, 7) is 1.78. The van der Waals surface area contributed by atoms with E-state index in [0.29, 0.717) is 40.2 Å². The summed E-state index contributed by atoms with van der Waals surface area (Å²) in [5.41, 5.74) is 8.07. The van der Waals surface area contributed by atoms with Crippen molar-refractivity contribution in [1.82, 2.24) is 19.7 Å². The van der Waals surface area contributed by atoms with E-state index in [9.17, 15) is 4.79 Å². The van der Waals surface area contributed by atoms with Crippen molar-refractivity contribution in [3.63, 3.8) is 0 Å². The second kappa shape index (κ2) is 7.27. The minimum absolute atomic E-state index is 0.389. The van der Waals surface area contributed by atoms with Gasteiger partial charge in [0.2, 0.25) is 11.9 Å². The van der Waals surface area contributed by atoms with E-state index >= 15 is 0 Å². The molecular formula is C20H20N6O3. The molecule has 9 heteroatoms. The van der Waals surface area contributed by atoms with E-state index in [1.807, 2.05) is 24.3 Å². The molecule has 0 saturated heterocycles. The summed E-state index contributed by atoms with van der Waals surface area (Å²) >= 11 is 0. The number of hydrogen-bond donors (Lipinski definition) is 2. The standard InChI is InChI=1S/C20H20N6O3/c1-11-16(18(21)27)17(13-6-4-5-9-22-13)26-20(23-11)24-19(25-26)12-7-8-14(28-2)15(10-12)29-3/h4-10,17H,1-3H3,(H2,21,27)(H,23,24,25). The Hall–Kier alpha value is -3.88. The molecule has 0 fully saturated rings. The number of anilines is 1. The molecule has 1 aliphatic heterocycles. The number of hydrogen-bond acceptors (Lipinski definition) is 7. The Bertz CT molecular complexity index is 1110. The van der Waals surface area contributed by atoms with E-state index in [1.165, 1.54) is 0 Å². The molecule has 0 saturated carbocycles. The molecule has 148 valence electrons. The summed E-state index contributed by atoms with van der Waals surface area (Å²) in [6.07, 6.45) is 1.66. The molecule has 1 atom stereocenters.